The third kappa shape index (κ3) is 7.70. The molecule has 0 unspecified atom stereocenters. The van der Waals surface area contributed by atoms with Crippen molar-refractivity contribution in [3.63, 3.8) is 0 Å². The van der Waals surface area contributed by atoms with Crippen LogP contribution in [0.25, 0.3) is 0 Å². The molecule has 0 saturated carbocycles. The largest absolute Gasteiger partial charge is 0.297 e. The lowest BCUT2D eigenvalue weighted by Crippen LogP contribution is -2.27. The van der Waals surface area contributed by atoms with Crippen LogP contribution >= 0.6 is 11.3 Å². The molecular formula is C22H34N2S. The first kappa shape index (κ1) is 20.1. The Balaban J connectivity index is 1.94. The van der Waals surface area contributed by atoms with E-state index in [1.54, 1.807) is 11.3 Å². The van der Waals surface area contributed by atoms with Gasteiger partial charge in [-0.2, -0.15) is 0 Å². The third-order valence-electron chi connectivity index (χ3n) is 4.51. The molecule has 25 heavy (non-hydrogen) atoms. The van der Waals surface area contributed by atoms with Crippen LogP contribution in [0.1, 0.15) is 62.4 Å². The van der Waals surface area contributed by atoms with Crippen molar-refractivity contribution in [3.8, 4) is 0 Å². The van der Waals surface area contributed by atoms with Crippen LogP contribution in [0, 0.1) is 18.8 Å². The monoisotopic (exact) mass is 358 g/mol. The van der Waals surface area contributed by atoms with E-state index in [0.29, 0.717) is 0 Å². The number of benzene rings is 1. The molecule has 0 radical (unpaired) electrons. The highest BCUT2D eigenvalue weighted by Gasteiger charge is 2.11. The average molecular weight is 359 g/mol. The van der Waals surface area contributed by atoms with Gasteiger partial charge in [0.25, 0.3) is 0 Å². The van der Waals surface area contributed by atoms with E-state index in [1.807, 2.05) is 0 Å². The molecule has 0 fully saturated rings. The summed E-state index contributed by atoms with van der Waals surface area (Å²) >= 11 is 1.80. The summed E-state index contributed by atoms with van der Waals surface area (Å²) < 4.78 is 0. The van der Waals surface area contributed by atoms with E-state index < -0.39 is 0 Å². The van der Waals surface area contributed by atoms with Gasteiger partial charge in [0.2, 0.25) is 0 Å². The van der Waals surface area contributed by atoms with Crippen LogP contribution in [0.2, 0.25) is 0 Å². The van der Waals surface area contributed by atoms with E-state index in [4.69, 9.17) is 4.98 Å². The topological polar surface area (TPSA) is 16.1 Å². The van der Waals surface area contributed by atoms with Gasteiger partial charge in [-0.05, 0) is 50.3 Å². The van der Waals surface area contributed by atoms with Gasteiger partial charge < -0.3 is 0 Å². The first-order valence-corrected chi connectivity index (χ1v) is 10.5. The van der Waals surface area contributed by atoms with Crippen molar-refractivity contribution in [2.45, 2.75) is 60.4 Å². The molecule has 2 nitrogen and oxygen atoms in total. The van der Waals surface area contributed by atoms with Crippen molar-refractivity contribution >= 4 is 11.3 Å². The van der Waals surface area contributed by atoms with Crippen molar-refractivity contribution in [2.24, 2.45) is 11.8 Å². The fourth-order valence-corrected chi connectivity index (χ4v) is 3.58. The number of aromatic nitrogens is 1. The standard InChI is InChI=1S/C22H34N2S/c1-17(2)10-12-24(13-11-18(3)4)15-21-16-25-22(23-21)14-20-8-6-19(5)7-9-20/h6-9,16-18H,10-15H2,1-5H3. The molecule has 0 aliphatic carbocycles. The summed E-state index contributed by atoms with van der Waals surface area (Å²) in [4.78, 5) is 7.49. The molecule has 0 bridgehead atoms. The Morgan fingerprint density at radius 2 is 1.56 bits per heavy atom. The Labute approximate surface area is 158 Å². The fourth-order valence-electron chi connectivity index (χ4n) is 2.76. The third-order valence-corrected chi connectivity index (χ3v) is 5.40. The molecule has 2 aromatic rings. The minimum absolute atomic E-state index is 0.758. The van der Waals surface area contributed by atoms with Gasteiger partial charge in [-0.1, -0.05) is 57.5 Å². The number of rotatable bonds is 10. The van der Waals surface area contributed by atoms with E-state index in [-0.39, 0.29) is 0 Å². The van der Waals surface area contributed by atoms with Crippen molar-refractivity contribution in [1.29, 1.82) is 0 Å². The van der Waals surface area contributed by atoms with E-state index in [2.05, 4.69) is 69.2 Å². The predicted octanol–water partition coefficient (Wildman–Crippen LogP) is 5.94. The zero-order chi connectivity index (χ0) is 18.2. The quantitative estimate of drug-likeness (QED) is 0.523. The number of hydrogen-bond acceptors (Lipinski definition) is 3. The van der Waals surface area contributed by atoms with Gasteiger partial charge in [-0.3, -0.25) is 4.90 Å². The summed E-state index contributed by atoms with van der Waals surface area (Å²) in [5.41, 5.74) is 3.90. The van der Waals surface area contributed by atoms with Gasteiger partial charge in [0.1, 0.15) is 0 Å². The maximum Gasteiger partial charge on any atom is 0.0972 e. The first-order chi connectivity index (χ1) is 11.9. The van der Waals surface area contributed by atoms with E-state index in [9.17, 15) is 0 Å². The maximum absolute atomic E-state index is 4.90. The van der Waals surface area contributed by atoms with Crippen LogP contribution in [0.5, 0.6) is 0 Å². The Kier molecular flexibility index (Phi) is 8.11. The van der Waals surface area contributed by atoms with Crippen molar-refractivity contribution in [3.05, 3.63) is 51.5 Å². The Morgan fingerprint density at radius 3 is 2.12 bits per heavy atom. The van der Waals surface area contributed by atoms with Gasteiger partial charge in [0.15, 0.2) is 0 Å². The second-order valence-electron chi connectivity index (χ2n) is 8.04. The molecular weight excluding hydrogens is 324 g/mol. The lowest BCUT2D eigenvalue weighted by molar-refractivity contribution is 0.233. The smallest absolute Gasteiger partial charge is 0.0972 e. The molecule has 0 aliphatic rings. The molecule has 1 heterocycles. The van der Waals surface area contributed by atoms with Crippen LogP contribution in [0.15, 0.2) is 29.6 Å². The summed E-state index contributed by atoms with van der Waals surface area (Å²) in [7, 11) is 0. The molecule has 0 amide bonds. The van der Waals surface area contributed by atoms with Crippen molar-refractivity contribution < 1.29 is 0 Å². The van der Waals surface area contributed by atoms with E-state index in [0.717, 1.165) is 24.8 Å². The number of nitrogens with zero attached hydrogens (tertiary/aromatic N) is 2. The summed E-state index contributed by atoms with van der Waals surface area (Å²) in [5, 5.41) is 3.48. The fraction of sp³-hybridized carbons (Fsp3) is 0.591. The van der Waals surface area contributed by atoms with Gasteiger partial charge in [0.05, 0.1) is 10.7 Å². The lowest BCUT2D eigenvalue weighted by Gasteiger charge is -2.23. The SMILES string of the molecule is Cc1ccc(Cc2nc(CN(CCC(C)C)CCC(C)C)cs2)cc1. The number of hydrogen-bond donors (Lipinski definition) is 0. The highest BCUT2D eigenvalue weighted by atomic mass is 32.1. The molecule has 0 aliphatic heterocycles. The van der Waals surface area contributed by atoms with Gasteiger partial charge in [-0.15, -0.1) is 11.3 Å². The second kappa shape index (κ2) is 10.1. The zero-order valence-electron chi connectivity index (χ0n) is 16.6. The Hall–Kier alpha value is -1.19. The van der Waals surface area contributed by atoms with Gasteiger partial charge in [0, 0.05) is 18.3 Å². The van der Waals surface area contributed by atoms with Crippen molar-refractivity contribution in [1.82, 2.24) is 9.88 Å². The molecule has 2 rings (SSSR count). The van der Waals surface area contributed by atoms with Crippen molar-refractivity contribution in [2.75, 3.05) is 13.1 Å². The minimum atomic E-state index is 0.758. The number of thiazole rings is 1. The summed E-state index contributed by atoms with van der Waals surface area (Å²) in [6.45, 7) is 14.7. The van der Waals surface area contributed by atoms with Crippen LogP contribution in [-0.2, 0) is 13.0 Å². The Morgan fingerprint density at radius 1 is 0.960 bits per heavy atom. The molecule has 0 N–H and O–H groups in total. The van der Waals surface area contributed by atoms with Crippen LogP contribution < -0.4 is 0 Å². The van der Waals surface area contributed by atoms with E-state index >= 15 is 0 Å². The summed E-state index contributed by atoms with van der Waals surface area (Å²) in [6.07, 6.45) is 3.47. The minimum Gasteiger partial charge on any atom is -0.297 e. The molecule has 1 aromatic carbocycles. The normalized spacial score (nSPS) is 11.8. The van der Waals surface area contributed by atoms with Gasteiger partial charge >= 0.3 is 0 Å². The highest BCUT2D eigenvalue weighted by Crippen LogP contribution is 2.17. The lowest BCUT2D eigenvalue weighted by atomic mass is 10.1. The second-order valence-corrected chi connectivity index (χ2v) is 8.98. The summed E-state index contributed by atoms with van der Waals surface area (Å²) in [6, 6.07) is 8.80. The molecule has 3 heteroatoms. The van der Waals surface area contributed by atoms with Crippen LogP contribution in [0.4, 0.5) is 0 Å². The first-order valence-electron chi connectivity index (χ1n) is 9.63. The molecule has 138 valence electrons. The predicted molar refractivity (Wildman–Crippen MR) is 110 cm³/mol. The van der Waals surface area contributed by atoms with Gasteiger partial charge in [-0.25, -0.2) is 4.98 Å². The highest BCUT2D eigenvalue weighted by molar-refractivity contribution is 7.09. The summed E-state index contributed by atoms with van der Waals surface area (Å²) in [5.74, 6) is 1.52. The molecule has 0 saturated heterocycles. The van der Waals surface area contributed by atoms with Crippen LogP contribution in [-0.4, -0.2) is 23.0 Å². The van der Waals surface area contributed by atoms with Crippen LogP contribution in [0.3, 0.4) is 0 Å². The van der Waals surface area contributed by atoms with E-state index in [1.165, 1.54) is 47.8 Å². The number of aryl methyl sites for hydroxylation is 1. The zero-order valence-corrected chi connectivity index (χ0v) is 17.4. The maximum atomic E-state index is 4.90. The average Bonchev–Trinajstić information content (AvgIpc) is 2.99. The molecule has 0 atom stereocenters. The Bertz CT molecular complexity index is 601. The molecule has 0 spiro atoms. The molecule has 1 aromatic heterocycles.